The number of benzene rings is 1. The van der Waals surface area contributed by atoms with Crippen LogP contribution in [0.15, 0.2) is 35.7 Å². The molecule has 2 aromatic rings. The van der Waals surface area contributed by atoms with Crippen molar-refractivity contribution < 1.29 is 19.1 Å². The number of amides is 2. The van der Waals surface area contributed by atoms with E-state index < -0.39 is 0 Å². The molecule has 8 heteroatoms. The smallest absolute Gasteiger partial charge is 0.264 e. The number of nitrogens with zero attached hydrogens (tertiary/aromatic N) is 2. The van der Waals surface area contributed by atoms with Crippen molar-refractivity contribution in [1.29, 1.82) is 0 Å². The second-order valence-corrected chi connectivity index (χ2v) is 7.75. The minimum atomic E-state index is -0.0764. The van der Waals surface area contributed by atoms with Gasteiger partial charge in [-0.3, -0.25) is 14.5 Å². The third kappa shape index (κ3) is 4.45. The number of hydrogen-bond acceptors (Lipinski definition) is 6. The second-order valence-electron chi connectivity index (χ2n) is 6.81. The molecule has 148 valence electrons. The Kier molecular flexibility index (Phi) is 5.78. The van der Waals surface area contributed by atoms with Gasteiger partial charge in [-0.1, -0.05) is 6.07 Å². The number of thiophene rings is 1. The first kappa shape index (κ1) is 18.8. The highest BCUT2D eigenvalue weighted by molar-refractivity contribution is 7.12. The first-order valence-electron chi connectivity index (χ1n) is 9.44. The van der Waals surface area contributed by atoms with Gasteiger partial charge in [0.15, 0.2) is 11.5 Å². The van der Waals surface area contributed by atoms with Crippen LogP contribution in [-0.4, -0.2) is 67.6 Å². The Bertz CT molecular complexity index is 832. The van der Waals surface area contributed by atoms with Crippen LogP contribution in [-0.2, 0) is 4.79 Å². The summed E-state index contributed by atoms with van der Waals surface area (Å²) in [7, 11) is 0. The molecule has 3 heterocycles. The molecule has 4 rings (SSSR count). The zero-order valence-electron chi connectivity index (χ0n) is 15.6. The fraction of sp³-hybridized carbons (Fsp3) is 0.400. The molecule has 0 atom stereocenters. The lowest BCUT2D eigenvalue weighted by Crippen LogP contribution is -2.50. The number of nitrogens with one attached hydrogen (secondary N) is 1. The van der Waals surface area contributed by atoms with E-state index in [4.69, 9.17) is 9.47 Å². The minimum Gasteiger partial charge on any atom is -0.490 e. The van der Waals surface area contributed by atoms with Gasteiger partial charge in [-0.15, -0.1) is 11.3 Å². The second kappa shape index (κ2) is 8.62. The largest absolute Gasteiger partial charge is 0.490 e. The Morgan fingerprint density at radius 2 is 1.82 bits per heavy atom. The molecule has 1 saturated heterocycles. The molecule has 0 saturated carbocycles. The number of ether oxygens (including phenoxy) is 2. The van der Waals surface area contributed by atoms with Gasteiger partial charge in [0.25, 0.3) is 5.91 Å². The maximum Gasteiger partial charge on any atom is 0.264 e. The average Bonchev–Trinajstić information content (AvgIpc) is 3.14. The van der Waals surface area contributed by atoms with Crippen molar-refractivity contribution in [2.24, 2.45) is 0 Å². The van der Waals surface area contributed by atoms with Crippen LogP contribution >= 0.6 is 11.3 Å². The SMILES string of the molecule is O=C(CN1CCN(C(=O)c2cccs2)CC1)Nc1ccc2c(c1)OCCCO2. The Morgan fingerprint density at radius 1 is 1.04 bits per heavy atom. The molecule has 1 aromatic carbocycles. The van der Waals surface area contributed by atoms with Crippen LogP contribution in [0.25, 0.3) is 0 Å². The Labute approximate surface area is 167 Å². The normalized spacial score (nSPS) is 17.1. The van der Waals surface area contributed by atoms with E-state index in [0.29, 0.717) is 63.1 Å². The number of fused-ring (bicyclic) bond motifs is 1. The summed E-state index contributed by atoms with van der Waals surface area (Å²) in [5.74, 6) is 1.37. The summed E-state index contributed by atoms with van der Waals surface area (Å²) in [4.78, 5) is 29.5. The molecule has 0 aliphatic carbocycles. The summed E-state index contributed by atoms with van der Waals surface area (Å²) in [6.07, 6.45) is 0.845. The fourth-order valence-corrected chi connectivity index (χ4v) is 4.00. The molecule has 7 nitrogen and oxygen atoms in total. The maximum absolute atomic E-state index is 12.4. The monoisotopic (exact) mass is 401 g/mol. The summed E-state index contributed by atoms with van der Waals surface area (Å²) in [6, 6.07) is 9.19. The van der Waals surface area contributed by atoms with Crippen LogP contribution in [0.1, 0.15) is 16.1 Å². The Hall–Kier alpha value is -2.58. The average molecular weight is 401 g/mol. The standard InChI is InChI=1S/C20H23N3O4S/c24-19(21-15-4-5-16-17(13-15)27-11-2-10-26-16)14-22-6-8-23(9-7-22)20(25)18-3-1-12-28-18/h1,3-5,12-13H,2,6-11,14H2,(H,21,24). The lowest BCUT2D eigenvalue weighted by molar-refractivity contribution is -0.117. The highest BCUT2D eigenvalue weighted by Crippen LogP contribution is 2.32. The molecule has 0 spiro atoms. The first-order chi connectivity index (χ1) is 13.7. The van der Waals surface area contributed by atoms with E-state index in [0.717, 1.165) is 11.3 Å². The van der Waals surface area contributed by atoms with Crippen molar-refractivity contribution >= 4 is 28.8 Å². The fourth-order valence-electron chi connectivity index (χ4n) is 3.31. The lowest BCUT2D eigenvalue weighted by Gasteiger charge is -2.34. The van der Waals surface area contributed by atoms with Gasteiger partial charge in [0, 0.05) is 44.4 Å². The predicted molar refractivity (Wildman–Crippen MR) is 107 cm³/mol. The van der Waals surface area contributed by atoms with Crippen molar-refractivity contribution in [3.05, 3.63) is 40.6 Å². The van der Waals surface area contributed by atoms with E-state index in [1.807, 2.05) is 34.5 Å². The van der Waals surface area contributed by atoms with E-state index in [-0.39, 0.29) is 11.8 Å². The van der Waals surface area contributed by atoms with Crippen LogP contribution < -0.4 is 14.8 Å². The van der Waals surface area contributed by atoms with Gasteiger partial charge < -0.3 is 19.7 Å². The third-order valence-corrected chi connectivity index (χ3v) is 5.65. The van der Waals surface area contributed by atoms with Crippen LogP contribution in [0.4, 0.5) is 5.69 Å². The molecular weight excluding hydrogens is 378 g/mol. The van der Waals surface area contributed by atoms with E-state index in [1.54, 1.807) is 6.07 Å². The van der Waals surface area contributed by atoms with Gasteiger partial charge in [0.1, 0.15) is 0 Å². The zero-order chi connectivity index (χ0) is 19.3. The van der Waals surface area contributed by atoms with Crippen LogP contribution in [0, 0.1) is 0 Å². The van der Waals surface area contributed by atoms with Gasteiger partial charge in [-0.05, 0) is 23.6 Å². The number of carbonyl (C=O) groups excluding carboxylic acids is 2. The van der Waals surface area contributed by atoms with Crippen molar-refractivity contribution in [2.45, 2.75) is 6.42 Å². The number of carbonyl (C=O) groups is 2. The molecule has 2 aliphatic rings. The minimum absolute atomic E-state index is 0.0753. The van der Waals surface area contributed by atoms with Crippen molar-refractivity contribution in [3.8, 4) is 11.5 Å². The van der Waals surface area contributed by atoms with Gasteiger partial charge in [-0.2, -0.15) is 0 Å². The summed E-state index contributed by atoms with van der Waals surface area (Å²) in [5, 5.41) is 4.83. The molecule has 2 amide bonds. The summed E-state index contributed by atoms with van der Waals surface area (Å²) >= 11 is 1.46. The molecule has 2 aliphatic heterocycles. The highest BCUT2D eigenvalue weighted by Gasteiger charge is 2.24. The first-order valence-corrected chi connectivity index (χ1v) is 10.3. The number of rotatable bonds is 4. The number of hydrogen-bond donors (Lipinski definition) is 1. The Morgan fingerprint density at radius 3 is 2.57 bits per heavy atom. The van der Waals surface area contributed by atoms with Crippen molar-refractivity contribution in [1.82, 2.24) is 9.80 Å². The van der Waals surface area contributed by atoms with Crippen molar-refractivity contribution in [2.75, 3.05) is 51.3 Å². The quantitative estimate of drug-likeness (QED) is 0.851. The van der Waals surface area contributed by atoms with Gasteiger partial charge in [0.05, 0.1) is 24.6 Å². The van der Waals surface area contributed by atoms with Gasteiger partial charge >= 0.3 is 0 Å². The lowest BCUT2D eigenvalue weighted by atomic mass is 10.2. The summed E-state index contributed by atoms with van der Waals surface area (Å²) < 4.78 is 11.3. The topological polar surface area (TPSA) is 71.1 Å². The number of anilines is 1. The van der Waals surface area contributed by atoms with Gasteiger partial charge in [0.2, 0.25) is 5.91 Å². The van der Waals surface area contributed by atoms with Crippen LogP contribution in [0.2, 0.25) is 0 Å². The highest BCUT2D eigenvalue weighted by atomic mass is 32.1. The summed E-state index contributed by atoms with van der Waals surface area (Å²) in [5.41, 5.74) is 0.695. The number of piperazine rings is 1. The van der Waals surface area contributed by atoms with E-state index in [1.165, 1.54) is 11.3 Å². The maximum atomic E-state index is 12.4. The molecule has 1 aromatic heterocycles. The molecular formula is C20H23N3O4S. The summed E-state index contributed by atoms with van der Waals surface area (Å²) in [6.45, 7) is 4.19. The third-order valence-electron chi connectivity index (χ3n) is 4.79. The molecule has 1 fully saturated rings. The van der Waals surface area contributed by atoms with E-state index in [9.17, 15) is 9.59 Å². The van der Waals surface area contributed by atoms with Crippen LogP contribution in [0.3, 0.4) is 0 Å². The zero-order valence-corrected chi connectivity index (χ0v) is 16.4. The predicted octanol–water partition coefficient (Wildman–Crippen LogP) is 2.31. The van der Waals surface area contributed by atoms with Gasteiger partial charge in [-0.25, -0.2) is 0 Å². The van der Waals surface area contributed by atoms with E-state index >= 15 is 0 Å². The van der Waals surface area contributed by atoms with Crippen molar-refractivity contribution in [3.63, 3.8) is 0 Å². The molecule has 1 N–H and O–H groups in total. The van der Waals surface area contributed by atoms with Crippen LogP contribution in [0.5, 0.6) is 11.5 Å². The molecule has 28 heavy (non-hydrogen) atoms. The molecule has 0 radical (unpaired) electrons. The van der Waals surface area contributed by atoms with E-state index in [2.05, 4.69) is 10.2 Å². The molecule has 0 unspecified atom stereocenters. The Balaban J connectivity index is 1.27. The molecule has 0 bridgehead atoms.